The normalized spacial score (nSPS) is 11.1. The van der Waals surface area contributed by atoms with Gasteiger partial charge in [-0.05, 0) is 50.6 Å². The minimum atomic E-state index is 0.268. The van der Waals surface area contributed by atoms with Gasteiger partial charge in [0.25, 0.3) is 0 Å². The summed E-state index contributed by atoms with van der Waals surface area (Å²) in [6.45, 7) is 5.13. The Kier molecular flexibility index (Phi) is 5.14. The fourth-order valence-corrected chi connectivity index (χ4v) is 2.40. The van der Waals surface area contributed by atoms with Gasteiger partial charge in [0.1, 0.15) is 18.7 Å². The molecule has 0 spiro atoms. The predicted molar refractivity (Wildman–Crippen MR) is 81.6 cm³/mol. The van der Waals surface area contributed by atoms with Crippen LogP contribution in [0.2, 0.25) is 0 Å². The summed E-state index contributed by atoms with van der Waals surface area (Å²) < 4.78 is 8.77. The molecule has 2 aromatic rings. The first kappa shape index (κ1) is 15.0. The summed E-state index contributed by atoms with van der Waals surface area (Å²) >= 11 is 3.46. The fourth-order valence-electron chi connectivity index (χ4n) is 1.99. The van der Waals surface area contributed by atoms with E-state index in [2.05, 4.69) is 39.9 Å². The van der Waals surface area contributed by atoms with E-state index in [9.17, 15) is 0 Å². The second kappa shape index (κ2) is 6.85. The van der Waals surface area contributed by atoms with Crippen LogP contribution in [-0.4, -0.2) is 21.3 Å². The van der Waals surface area contributed by atoms with Crippen molar-refractivity contribution in [3.63, 3.8) is 0 Å². The van der Waals surface area contributed by atoms with Gasteiger partial charge >= 0.3 is 0 Å². The van der Waals surface area contributed by atoms with E-state index in [1.807, 2.05) is 22.9 Å². The number of hydrogen-bond donors (Lipinski definition) is 1. The van der Waals surface area contributed by atoms with E-state index < -0.39 is 0 Å². The molecule has 0 unspecified atom stereocenters. The quantitative estimate of drug-likeness (QED) is 0.879. The average Bonchev–Trinajstić information content (AvgIpc) is 2.87. The molecule has 0 radical (unpaired) electrons. The van der Waals surface area contributed by atoms with Crippen molar-refractivity contribution < 1.29 is 4.74 Å². The first-order valence-corrected chi connectivity index (χ1v) is 7.40. The highest BCUT2D eigenvalue weighted by Crippen LogP contribution is 2.24. The number of hydrogen-bond acceptors (Lipinski definition) is 4. The lowest BCUT2D eigenvalue weighted by Gasteiger charge is -2.13. The SMILES string of the molecule is CC(C)n1ncnc1COc1ccc(Br)cc1CCN. The lowest BCUT2D eigenvalue weighted by Crippen LogP contribution is -2.11. The molecule has 2 N–H and O–H groups in total. The van der Waals surface area contributed by atoms with Gasteiger partial charge in [0, 0.05) is 10.5 Å². The van der Waals surface area contributed by atoms with Gasteiger partial charge in [-0.3, -0.25) is 0 Å². The van der Waals surface area contributed by atoms with Crippen LogP contribution >= 0.6 is 15.9 Å². The van der Waals surface area contributed by atoms with E-state index in [-0.39, 0.29) is 6.04 Å². The van der Waals surface area contributed by atoms with Gasteiger partial charge in [-0.1, -0.05) is 15.9 Å². The van der Waals surface area contributed by atoms with Crippen molar-refractivity contribution in [3.05, 3.63) is 40.4 Å². The van der Waals surface area contributed by atoms with E-state index in [1.165, 1.54) is 0 Å². The number of aromatic nitrogens is 3. The molecule has 0 saturated heterocycles. The van der Waals surface area contributed by atoms with Crippen molar-refractivity contribution in [2.75, 3.05) is 6.54 Å². The second-order valence-corrected chi connectivity index (χ2v) is 5.71. The van der Waals surface area contributed by atoms with Crippen LogP contribution in [0.5, 0.6) is 5.75 Å². The second-order valence-electron chi connectivity index (χ2n) is 4.79. The summed E-state index contributed by atoms with van der Waals surface area (Å²) in [6, 6.07) is 6.22. The molecule has 2 rings (SSSR count). The monoisotopic (exact) mass is 338 g/mol. The van der Waals surface area contributed by atoms with Crippen molar-refractivity contribution in [1.82, 2.24) is 14.8 Å². The first-order chi connectivity index (χ1) is 9.61. The third-order valence-corrected chi connectivity index (χ3v) is 3.42. The zero-order valence-corrected chi connectivity index (χ0v) is 13.3. The van der Waals surface area contributed by atoms with Crippen LogP contribution in [0.25, 0.3) is 0 Å². The molecule has 0 aliphatic rings. The highest BCUT2D eigenvalue weighted by atomic mass is 79.9. The van der Waals surface area contributed by atoms with Crippen LogP contribution in [0.4, 0.5) is 0 Å². The molecule has 0 aliphatic carbocycles. The van der Waals surface area contributed by atoms with Gasteiger partial charge in [-0.15, -0.1) is 0 Å². The van der Waals surface area contributed by atoms with E-state index in [0.717, 1.165) is 28.0 Å². The molecule has 0 saturated carbocycles. The molecule has 1 aromatic heterocycles. The number of ether oxygens (including phenoxy) is 1. The fraction of sp³-hybridized carbons (Fsp3) is 0.429. The summed E-state index contributed by atoms with van der Waals surface area (Å²) in [5.74, 6) is 1.67. The number of benzene rings is 1. The highest BCUT2D eigenvalue weighted by Gasteiger charge is 2.10. The van der Waals surface area contributed by atoms with Crippen molar-refractivity contribution in [2.24, 2.45) is 5.73 Å². The minimum absolute atomic E-state index is 0.268. The molecular formula is C14H19BrN4O. The Morgan fingerprint density at radius 3 is 2.90 bits per heavy atom. The lowest BCUT2D eigenvalue weighted by molar-refractivity contribution is 0.279. The third kappa shape index (κ3) is 3.58. The zero-order chi connectivity index (χ0) is 14.5. The Bertz CT molecular complexity index is 568. The maximum Gasteiger partial charge on any atom is 0.165 e. The summed E-state index contributed by atoms with van der Waals surface area (Å²) in [6.07, 6.45) is 2.34. The largest absolute Gasteiger partial charge is 0.485 e. The third-order valence-electron chi connectivity index (χ3n) is 2.93. The van der Waals surface area contributed by atoms with Crippen LogP contribution in [0.15, 0.2) is 29.0 Å². The molecule has 0 amide bonds. The maximum atomic E-state index is 5.88. The molecule has 5 nitrogen and oxygen atoms in total. The van der Waals surface area contributed by atoms with Crippen LogP contribution < -0.4 is 10.5 Å². The van der Waals surface area contributed by atoms with Crippen molar-refractivity contribution >= 4 is 15.9 Å². The maximum absolute atomic E-state index is 5.88. The molecular weight excluding hydrogens is 320 g/mol. The molecule has 6 heteroatoms. The van der Waals surface area contributed by atoms with Gasteiger partial charge in [-0.25, -0.2) is 9.67 Å². The van der Waals surface area contributed by atoms with Gasteiger partial charge in [0.15, 0.2) is 5.82 Å². The van der Waals surface area contributed by atoms with E-state index >= 15 is 0 Å². The molecule has 1 aromatic carbocycles. The molecule has 108 valence electrons. The van der Waals surface area contributed by atoms with Crippen LogP contribution in [-0.2, 0) is 13.0 Å². The van der Waals surface area contributed by atoms with Gasteiger partial charge in [0.05, 0.1) is 0 Å². The molecule has 0 bridgehead atoms. The van der Waals surface area contributed by atoms with E-state index in [4.69, 9.17) is 10.5 Å². The number of nitrogens with zero attached hydrogens (tertiary/aromatic N) is 3. The van der Waals surface area contributed by atoms with Gasteiger partial charge in [-0.2, -0.15) is 5.10 Å². The highest BCUT2D eigenvalue weighted by molar-refractivity contribution is 9.10. The van der Waals surface area contributed by atoms with Crippen LogP contribution in [0.3, 0.4) is 0 Å². The first-order valence-electron chi connectivity index (χ1n) is 6.61. The number of nitrogens with two attached hydrogens (primary N) is 1. The lowest BCUT2D eigenvalue weighted by atomic mass is 10.1. The summed E-state index contributed by atoms with van der Waals surface area (Å²) in [7, 11) is 0. The van der Waals surface area contributed by atoms with Gasteiger partial charge in [0.2, 0.25) is 0 Å². The molecule has 1 heterocycles. The summed E-state index contributed by atoms with van der Waals surface area (Å²) in [4.78, 5) is 4.24. The van der Waals surface area contributed by atoms with Crippen LogP contribution in [0.1, 0.15) is 31.3 Å². The molecule has 0 aliphatic heterocycles. The van der Waals surface area contributed by atoms with Gasteiger partial charge < -0.3 is 10.5 Å². The Hall–Kier alpha value is -1.40. The molecule has 0 fully saturated rings. The van der Waals surface area contributed by atoms with E-state index in [0.29, 0.717) is 13.2 Å². The molecule has 0 atom stereocenters. The summed E-state index contributed by atoms with van der Waals surface area (Å²) in [5, 5.41) is 4.20. The Morgan fingerprint density at radius 2 is 2.20 bits per heavy atom. The molecule has 20 heavy (non-hydrogen) atoms. The average molecular weight is 339 g/mol. The minimum Gasteiger partial charge on any atom is -0.485 e. The van der Waals surface area contributed by atoms with E-state index in [1.54, 1.807) is 6.33 Å². The topological polar surface area (TPSA) is 66.0 Å². The smallest absolute Gasteiger partial charge is 0.165 e. The van der Waals surface area contributed by atoms with Crippen molar-refractivity contribution in [3.8, 4) is 5.75 Å². The van der Waals surface area contributed by atoms with Crippen LogP contribution in [0, 0.1) is 0 Å². The number of halogens is 1. The Morgan fingerprint density at radius 1 is 1.40 bits per heavy atom. The number of rotatable bonds is 6. The predicted octanol–water partition coefficient (Wildman–Crippen LogP) is 2.70. The Labute approximate surface area is 127 Å². The standard InChI is InChI=1S/C14H19BrN4O/c1-10(2)19-14(17-9-18-19)8-20-13-4-3-12(15)7-11(13)5-6-16/h3-4,7,9-10H,5-6,8,16H2,1-2H3. The van der Waals surface area contributed by atoms with Crippen molar-refractivity contribution in [2.45, 2.75) is 32.9 Å². The zero-order valence-electron chi connectivity index (χ0n) is 11.7. The Balaban J connectivity index is 2.12. The summed E-state index contributed by atoms with van der Waals surface area (Å²) in [5.41, 5.74) is 6.73. The van der Waals surface area contributed by atoms with Crippen molar-refractivity contribution in [1.29, 1.82) is 0 Å².